The van der Waals surface area contributed by atoms with Crippen molar-refractivity contribution in [3.05, 3.63) is 82.8 Å². The largest absolute Gasteiger partial charge is 0.310 e. The quantitative estimate of drug-likeness (QED) is 0.325. The van der Waals surface area contributed by atoms with E-state index in [9.17, 15) is 9.59 Å². The van der Waals surface area contributed by atoms with E-state index in [2.05, 4.69) is 10.4 Å². The Morgan fingerprint density at radius 3 is 2.61 bits per heavy atom. The van der Waals surface area contributed by atoms with E-state index in [4.69, 9.17) is 4.98 Å². The lowest BCUT2D eigenvalue weighted by Gasteiger charge is -2.15. The number of para-hydroxylation sites is 1. The number of amides is 1. The molecule has 8 heteroatoms. The molecular weight excluding hydrogens is 434 g/mol. The number of carbonyl (C=O) groups excluding carboxylic acids is 1. The van der Waals surface area contributed by atoms with Crippen LogP contribution >= 0.6 is 11.8 Å². The maximum atomic E-state index is 13.2. The van der Waals surface area contributed by atoms with Crippen molar-refractivity contribution >= 4 is 34.4 Å². The Morgan fingerprint density at radius 1 is 1.03 bits per heavy atom. The summed E-state index contributed by atoms with van der Waals surface area (Å²) in [7, 11) is 0. The Morgan fingerprint density at radius 2 is 1.79 bits per heavy atom. The molecule has 1 fully saturated rings. The van der Waals surface area contributed by atoms with Crippen molar-refractivity contribution in [3.63, 3.8) is 0 Å². The normalized spacial score (nSPS) is 14.1. The number of hydrogen-bond donors (Lipinski definition) is 1. The zero-order valence-corrected chi connectivity index (χ0v) is 19.0. The first-order chi connectivity index (χ1) is 16.2. The summed E-state index contributed by atoms with van der Waals surface area (Å²) in [4.78, 5) is 30.7. The minimum atomic E-state index is -0.145. The minimum Gasteiger partial charge on any atom is -0.310 e. The average Bonchev–Trinajstić information content (AvgIpc) is 3.52. The van der Waals surface area contributed by atoms with Crippen LogP contribution in [0, 0.1) is 0 Å². The van der Waals surface area contributed by atoms with E-state index in [0.717, 1.165) is 24.2 Å². The van der Waals surface area contributed by atoms with Crippen LogP contribution in [0.1, 0.15) is 37.3 Å². The zero-order valence-electron chi connectivity index (χ0n) is 18.2. The first kappa shape index (κ1) is 21.5. The number of anilines is 1. The fraction of sp³-hybridized carbons (Fsp3) is 0.280. The monoisotopic (exact) mass is 459 g/mol. The van der Waals surface area contributed by atoms with Crippen LogP contribution in [0.5, 0.6) is 0 Å². The predicted molar refractivity (Wildman–Crippen MR) is 131 cm³/mol. The SMILES string of the molecule is O=C(CSc1nc2ccccc2c(=O)n1Cc1ccccc1)Nc1ccnn1C1CCCC1. The summed E-state index contributed by atoms with van der Waals surface area (Å²) in [5, 5.41) is 8.50. The number of fused-ring (bicyclic) bond motifs is 1. The molecule has 2 aromatic heterocycles. The van der Waals surface area contributed by atoms with E-state index in [1.165, 1.54) is 24.6 Å². The number of hydrogen-bond acceptors (Lipinski definition) is 5. The van der Waals surface area contributed by atoms with Gasteiger partial charge in [0.05, 0.1) is 35.4 Å². The zero-order chi connectivity index (χ0) is 22.6. The number of aromatic nitrogens is 4. The topological polar surface area (TPSA) is 81.8 Å². The summed E-state index contributed by atoms with van der Waals surface area (Å²) in [5.41, 5.74) is 1.53. The van der Waals surface area contributed by atoms with Gasteiger partial charge in [-0.2, -0.15) is 5.10 Å². The first-order valence-corrected chi connectivity index (χ1v) is 12.2. The van der Waals surface area contributed by atoms with Crippen LogP contribution < -0.4 is 10.9 Å². The molecule has 0 bridgehead atoms. The highest BCUT2D eigenvalue weighted by Crippen LogP contribution is 2.31. The van der Waals surface area contributed by atoms with Gasteiger partial charge in [0.25, 0.3) is 5.56 Å². The van der Waals surface area contributed by atoms with Crippen molar-refractivity contribution < 1.29 is 4.79 Å². The molecule has 1 amide bonds. The fourth-order valence-corrected chi connectivity index (χ4v) is 5.12. The van der Waals surface area contributed by atoms with Crippen molar-refractivity contribution in [1.29, 1.82) is 0 Å². The lowest BCUT2D eigenvalue weighted by Crippen LogP contribution is -2.25. The molecule has 33 heavy (non-hydrogen) atoms. The van der Waals surface area contributed by atoms with Crippen LogP contribution in [0.25, 0.3) is 10.9 Å². The van der Waals surface area contributed by atoms with Gasteiger partial charge >= 0.3 is 0 Å². The molecule has 0 saturated heterocycles. The molecule has 0 radical (unpaired) electrons. The predicted octanol–water partition coefficient (Wildman–Crippen LogP) is 4.49. The second-order valence-electron chi connectivity index (χ2n) is 8.22. The molecule has 1 aliphatic rings. The van der Waals surface area contributed by atoms with E-state index in [0.29, 0.717) is 28.6 Å². The molecule has 0 atom stereocenters. The van der Waals surface area contributed by atoms with Crippen molar-refractivity contribution in [2.24, 2.45) is 0 Å². The Kier molecular flexibility index (Phi) is 6.26. The molecule has 0 aliphatic heterocycles. The van der Waals surface area contributed by atoms with Gasteiger partial charge in [-0.15, -0.1) is 0 Å². The average molecular weight is 460 g/mol. The fourth-order valence-electron chi connectivity index (χ4n) is 4.33. The summed E-state index contributed by atoms with van der Waals surface area (Å²) in [6.07, 6.45) is 6.29. The summed E-state index contributed by atoms with van der Waals surface area (Å²) in [5.74, 6) is 0.726. The molecular formula is C25H25N5O2S. The number of nitrogens with one attached hydrogen (secondary N) is 1. The Balaban J connectivity index is 1.37. The molecule has 168 valence electrons. The first-order valence-electron chi connectivity index (χ1n) is 11.2. The van der Waals surface area contributed by atoms with Crippen LogP contribution in [0.15, 0.2) is 76.8 Å². The van der Waals surface area contributed by atoms with Gasteiger partial charge in [-0.1, -0.05) is 67.1 Å². The van der Waals surface area contributed by atoms with Crippen molar-refractivity contribution in [1.82, 2.24) is 19.3 Å². The lowest BCUT2D eigenvalue weighted by molar-refractivity contribution is -0.113. The summed E-state index contributed by atoms with van der Waals surface area (Å²) >= 11 is 1.27. The van der Waals surface area contributed by atoms with Crippen LogP contribution in [-0.4, -0.2) is 31.0 Å². The van der Waals surface area contributed by atoms with Gasteiger partial charge < -0.3 is 5.32 Å². The van der Waals surface area contributed by atoms with Gasteiger partial charge in [-0.3, -0.25) is 14.2 Å². The van der Waals surface area contributed by atoms with Crippen molar-refractivity contribution in [3.8, 4) is 0 Å². The van der Waals surface area contributed by atoms with E-state index < -0.39 is 0 Å². The maximum Gasteiger partial charge on any atom is 0.262 e. The third kappa shape index (κ3) is 4.71. The van der Waals surface area contributed by atoms with Crippen molar-refractivity contribution in [2.75, 3.05) is 11.1 Å². The molecule has 7 nitrogen and oxygen atoms in total. The number of carbonyl (C=O) groups is 1. The summed E-state index contributed by atoms with van der Waals surface area (Å²) < 4.78 is 3.58. The van der Waals surface area contributed by atoms with Crippen LogP contribution in [0.3, 0.4) is 0 Å². The highest BCUT2D eigenvalue weighted by molar-refractivity contribution is 7.99. The second-order valence-corrected chi connectivity index (χ2v) is 9.17. The molecule has 0 spiro atoms. The smallest absolute Gasteiger partial charge is 0.262 e. The maximum absolute atomic E-state index is 13.2. The van der Waals surface area contributed by atoms with Crippen molar-refractivity contribution in [2.45, 2.75) is 43.4 Å². The molecule has 1 N–H and O–H groups in total. The van der Waals surface area contributed by atoms with E-state index in [-0.39, 0.29) is 17.2 Å². The molecule has 2 aromatic carbocycles. The van der Waals surface area contributed by atoms with Crippen LogP contribution in [-0.2, 0) is 11.3 Å². The van der Waals surface area contributed by atoms with Gasteiger partial charge in [-0.05, 0) is 30.5 Å². The van der Waals surface area contributed by atoms with E-state index in [1.54, 1.807) is 16.8 Å². The molecule has 2 heterocycles. The van der Waals surface area contributed by atoms with Crippen LogP contribution in [0.4, 0.5) is 5.82 Å². The second kappa shape index (κ2) is 9.62. The number of thioether (sulfide) groups is 1. The highest BCUT2D eigenvalue weighted by Gasteiger charge is 2.21. The van der Waals surface area contributed by atoms with Gasteiger partial charge in [0.1, 0.15) is 5.82 Å². The van der Waals surface area contributed by atoms with Gasteiger partial charge in [-0.25, -0.2) is 9.67 Å². The third-order valence-corrected chi connectivity index (χ3v) is 6.93. The highest BCUT2D eigenvalue weighted by atomic mass is 32.2. The molecule has 0 unspecified atom stereocenters. The van der Waals surface area contributed by atoms with Gasteiger partial charge in [0, 0.05) is 6.07 Å². The van der Waals surface area contributed by atoms with Gasteiger partial charge in [0.15, 0.2) is 5.16 Å². The number of nitrogens with zero attached hydrogens (tertiary/aromatic N) is 4. The lowest BCUT2D eigenvalue weighted by atomic mass is 10.2. The molecule has 1 saturated carbocycles. The minimum absolute atomic E-state index is 0.105. The number of benzene rings is 2. The summed E-state index contributed by atoms with van der Waals surface area (Å²) in [6, 6.07) is 19.3. The Labute approximate surface area is 195 Å². The van der Waals surface area contributed by atoms with E-state index >= 15 is 0 Å². The Hall–Kier alpha value is -3.39. The number of rotatable bonds is 7. The Bertz CT molecular complexity index is 1330. The van der Waals surface area contributed by atoms with E-state index in [1.807, 2.05) is 59.3 Å². The molecule has 4 aromatic rings. The third-order valence-electron chi connectivity index (χ3n) is 5.95. The van der Waals surface area contributed by atoms with Crippen LogP contribution in [0.2, 0.25) is 0 Å². The molecule has 1 aliphatic carbocycles. The van der Waals surface area contributed by atoms with Gasteiger partial charge in [0.2, 0.25) is 5.91 Å². The molecule has 5 rings (SSSR count). The summed E-state index contributed by atoms with van der Waals surface area (Å²) in [6.45, 7) is 0.399. The standard InChI is InChI=1S/C25H25N5O2S/c31-23(28-22-14-15-26-30(22)19-10-4-5-11-19)17-33-25-27-21-13-7-6-12-20(21)24(32)29(25)16-18-8-2-1-3-9-18/h1-3,6-9,12-15,19H,4-5,10-11,16-17H2,(H,28,31).